The van der Waals surface area contributed by atoms with Crippen LogP contribution in [0.3, 0.4) is 0 Å². The molecular weight excluding hydrogens is 264 g/mol. The van der Waals surface area contributed by atoms with Gasteiger partial charge < -0.3 is 9.13 Å². The van der Waals surface area contributed by atoms with Crippen LogP contribution in [0.1, 0.15) is 12.2 Å². The van der Waals surface area contributed by atoms with Crippen molar-refractivity contribution in [3.63, 3.8) is 0 Å². The Morgan fingerprint density at radius 2 is 2.14 bits per heavy atom. The molecule has 0 aliphatic carbocycles. The van der Waals surface area contributed by atoms with Crippen LogP contribution in [0, 0.1) is 0 Å². The molecule has 0 saturated heterocycles. The first-order valence-electron chi connectivity index (χ1n) is 7.10. The number of hydrogen-bond donors (Lipinski definition) is 2. The number of para-hydroxylation sites is 2. The van der Waals surface area contributed by atoms with E-state index in [2.05, 4.69) is 26.0 Å². The number of nitrogens with one attached hydrogen (secondary N) is 1. The molecule has 1 atom stereocenters. The van der Waals surface area contributed by atoms with Crippen molar-refractivity contribution in [2.45, 2.75) is 25.4 Å². The molecule has 110 valence electrons. The first-order valence-corrected chi connectivity index (χ1v) is 7.10. The molecule has 0 amide bonds. The van der Waals surface area contributed by atoms with Crippen LogP contribution in [0.25, 0.3) is 11.0 Å². The van der Waals surface area contributed by atoms with E-state index in [9.17, 15) is 0 Å². The third kappa shape index (κ3) is 2.96. The summed E-state index contributed by atoms with van der Waals surface area (Å²) in [4.78, 5) is 8.75. The SMILES string of the molecule is Cn1ccnc1CCC(Cn1cnc2ccccc21)NN. The average Bonchev–Trinajstić information content (AvgIpc) is 3.10. The van der Waals surface area contributed by atoms with Gasteiger partial charge in [-0.05, 0) is 18.6 Å². The summed E-state index contributed by atoms with van der Waals surface area (Å²) in [5.41, 5.74) is 5.05. The number of benzene rings is 1. The van der Waals surface area contributed by atoms with Crippen LogP contribution in [0.4, 0.5) is 0 Å². The second-order valence-electron chi connectivity index (χ2n) is 5.24. The highest BCUT2D eigenvalue weighted by Crippen LogP contribution is 2.13. The number of rotatable bonds is 6. The highest BCUT2D eigenvalue weighted by atomic mass is 15.2. The van der Waals surface area contributed by atoms with Crippen LogP contribution >= 0.6 is 0 Å². The van der Waals surface area contributed by atoms with Gasteiger partial charge in [0.15, 0.2) is 0 Å². The molecule has 0 spiro atoms. The molecule has 0 aliphatic rings. The highest BCUT2D eigenvalue weighted by Gasteiger charge is 2.11. The normalized spacial score (nSPS) is 12.9. The Hall–Kier alpha value is -2.18. The van der Waals surface area contributed by atoms with Gasteiger partial charge in [-0.3, -0.25) is 11.3 Å². The number of aromatic nitrogens is 4. The zero-order chi connectivity index (χ0) is 14.7. The van der Waals surface area contributed by atoms with Gasteiger partial charge >= 0.3 is 0 Å². The summed E-state index contributed by atoms with van der Waals surface area (Å²) in [6.07, 6.45) is 7.47. The van der Waals surface area contributed by atoms with E-state index in [-0.39, 0.29) is 6.04 Å². The Bertz CT molecular complexity index is 714. The fourth-order valence-electron chi connectivity index (χ4n) is 2.56. The van der Waals surface area contributed by atoms with Crippen molar-refractivity contribution >= 4 is 11.0 Å². The molecule has 0 bridgehead atoms. The largest absolute Gasteiger partial charge is 0.338 e. The number of imidazole rings is 2. The fraction of sp³-hybridized carbons (Fsp3) is 0.333. The van der Waals surface area contributed by atoms with Crippen LogP contribution in [0.5, 0.6) is 0 Å². The van der Waals surface area contributed by atoms with Crippen LogP contribution in [0.2, 0.25) is 0 Å². The molecule has 2 heterocycles. The van der Waals surface area contributed by atoms with E-state index in [1.54, 1.807) is 0 Å². The zero-order valence-electron chi connectivity index (χ0n) is 12.1. The summed E-state index contributed by atoms with van der Waals surface area (Å²) >= 11 is 0. The summed E-state index contributed by atoms with van der Waals surface area (Å²) < 4.78 is 4.18. The van der Waals surface area contributed by atoms with Crippen LogP contribution in [0.15, 0.2) is 43.0 Å². The minimum Gasteiger partial charge on any atom is -0.338 e. The van der Waals surface area contributed by atoms with Gasteiger partial charge in [-0.15, -0.1) is 0 Å². The number of fused-ring (bicyclic) bond motifs is 1. The lowest BCUT2D eigenvalue weighted by atomic mass is 10.1. The smallest absolute Gasteiger partial charge is 0.108 e. The summed E-state index contributed by atoms with van der Waals surface area (Å²) in [5, 5.41) is 0. The first-order chi connectivity index (χ1) is 10.3. The van der Waals surface area contributed by atoms with Gasteiger partial charge in [0, 0.05) is 38.4 Å². The lowest BCUT2D eigenvalue weighted by molar-refractivity contribution is 0.432. The Labute approximate surface area is 123 Å². The third-order valence-electron chi connectivity index (χ3n) is 3.82. The molecule has 6 heteroatoms. The molecule has 3 rings (SSSR count). The second-order valence-corrected chi connectivity index (χ2v) is 5.24. The number of hydrazine groups is 1. The van der Waals surface area contributed by atoms with E-state index < -0.39 is 0 Å². The van der Waals surface area contributed by atoms with Crippen molar-refractivity contribution < 1.29 is 0 Å². The standard InChI is InChI=1S/C15H20N6/c1-20-9-8-17-15(20)7-6-12(19-16)10-21-11-18-13-4-2-3-5-14(13)21/h2-5,8-9,11-12,19H,6-7,10,16H2,1H3. The molecule has 2 aromatic heterocycles. The highest BCUT2D eigenvalue weighted by molar-refractivity contribution is 5.74. The number of nitrogens with two attached hydrogens (primary N) is 1. The van der Waals surface area contributed by atoms with E-state index in [0.717, 1.165) is 36.2 Å². The molecular formula is C15H20N6. The van der Waals surface area contributed by atoms with Crippen molar-refractivity contribution in [3.8, 4) is 0 Å². The van der Waals surface area contributed by atoms with Gasteiger partial charge in [0.05, 0.1) is 17.4 Å². The Morgan fingerprint density at radius 3 is 2.90 bits per heavy atom. The van der Waals surface area contributed by atoms with Gasteiger partial charge in [0.25, 0.3) is 0 Å². The van der Waals surface area contributed by atoms with Crippen molar-refractivity contribution in [1.82, 2.24) is 24.5 Å². The molecule has 0 aliphatic heterocycles. The third-order valence-corrected chi connectivity index (χ3v) is 3.82. The van der Waals surface area contributed by atoms with Crippen molar-refractivity contribution in [3.05, 3.63) is 48.8 Å². The molecule has 6 nitrogen and oxygen atoms in total. The Morgan fingerprint density at radius 1 is 1.29 bits per heavy atom. The lowest BCUT2D eigenvalue weighted by Gasteiger charge is -2.16. The molecule has 3 N–H and O–H groups in total. The summed E-state index contributed by atoms with van der Waals surface area (Å²) in [5.74, 6) is 6.77. The van der Waals surface area contributed by atoms with Gasteiger partial charge in [-0.25, -0.2) is 9.97 Å². The molecule has 0 fully saturated rings. The second kappa shape index (κ2) is 6.07. The fourth-order valence-corrected chi connectivity index (χ4v) is 2.56. The molecule has 3 aromatic rings. The molecule has 0 radical (unpaired) electrons. The van der Waals surface area contributed by atoms with Crippen LogP contribution < -0.4 is 11.3 Å². The van der Waals surface area contributed by atoms with E-state index >= 15 is 0 Å². The predicted molar refractivity (Wildman–Crippen MR) is 82.4 cm³/mol. The summed E-state index contributed by atoms with van der Waals surface area (Å²) in [6.45, 7) is 0.793. The van der Waals surface area contributed by atoms with Crippen molar-refractivity contribution in [1.29, 1.82) is 0 Å². The van der Waals surface area contributed by atoms with E-state index in [1.165, 1.54) is 0 Å². The van der Waals surface area contributed by atoms with Gasteiger partial charge in [0.2, 0.25) is 0 Å². The number of aryl methyl sites for hydroxylation is 2. The Kier molecular flexibility index (Phi) is 3.98. The van der Waals surface area contributed by atoms with Crippen molar-refractivity contribution in [2.24, 2.45) is 12.9 Å². The molecule has 21 heavy (non-hydrogen) atoms. The predicted octanol–water partition coefficient (Wildman–Crippen LogP) is 1.23. The number of nitrogens with zero attached hydrogens (tertiary/aromatic N) is 4. The van der Waals surface area contributed by atoms with Crippen LogP contribution in [-0.2, 0) is 20.0 Å². The number of hydrogen-bond acceptors (Lipinski definition) is 4. The molecule has 1 unspecified atom stereocenters. The topological polar surface area (TPSA) is 73.7 Å². The monoisotopic (exact) mass is 284 g/mol. The van der Waals surface area contributed by atoms with Gasteiger partial charge in [-0.2, -0.15) is 0 Å². The molecule has 0 saturated carbocycles. The molecule has 1 aromatic carbocycles. The van der Waals surface area contributed by atoms with E-state index in [1.807, 2.05) is 48.5 Å². The van der Waals surface area contributed by atoms with Gasteiger partial charge in [-0.1, -0.05) is 12.1 Å². The quantitative estimate of drug-likeness (QED) is 0.527. The summed E-state index contributed by atoms with van der Waals surface area (Å²) in [6, 6.07) is 8.30. The minimum atomic E-state index is 0.180. The van der Waals surface area contributed by atoms with Crippen molar-refractivity contribution in [2.75, 3.05) is 0 Å². The maximum absolute atomic E-state index is 5.70. The average molecular weight is 284 g/mol. The minimum absolute atomic E-state index is 0.180. The maximum Gasteiger partial charge on any atom is 0.108 e. The summed E-state index contributed by atoms with van der Waals surface area (Å²) in [7, 11) is 2.01. The van der Waals surface area contributed by atoms with E-state index in [4.69, 9.17) is 5.84 Å². The first kappa shape index (κ1) is 13.8. The van der Waals surface area contributed by atoms with Gasteiger partial charge in [0.1, 0.15) is 5.82 Å². The zero-order valence-corrected chi connectivity index (χ0v) is 12.1. The maximum atomic E-state index is 5.70. The lowest BCUT2D eigenvalue weighted by Crippen LogP contribution is -2.38. The van der Waals surface area contributed by atoms with E-state index in [0.29, 0.717) is 0 Å². The van der Waals surface area contributed by atoms with Crippen LogP contribution in [-0.4, -0.2) is 25.1 Å². The Balaban J connectivity index is 1.68.